The molecule has 1 aliphatic rings. The molecule has 0 aliphatic heterocycles. The third kappa shape index (κ3) is 1.51. The average molecular weight is 140 g/mol. The SMILES string of the molecule is CNC1=CC=C(ON)CC1. The molecule has 0 radical (unpaired) electrons. The number of hydrogen-bond acceptors (Lipinski definition) is 3. The first-order chi connectivity index (χ1) is 4.86. The second-order valence-electron chi connectivity index (χ2n) is 2.19. The molecule has 0 aromatic carbocycles. The van der Waals surface area contributed by atoms with Gasteiger partial charge in [0.2, 0.25) is 0 Å². The first kappa shape index (κ1) is 7.15. The summed E-state index contributed by atoms with van der Waals surface area (Å²) >= 11 is 0. The summed E-state index contributed by atoms with van der Waals surface area (Å²) in [6.45, 7) is 0. The molecule has 0 unspecified atom stereocenters. The summed E-state index contributed by atoms with van der Waals surface area (Å²) in [5.41, 5.74) is 1.22. The van der Waals surface area contributed by atoms with Crippen LogP contribution in [0.1, 0.15) is 12.8 Å². The van der Waals surface area contributed by atoms with Crippen molar-refractivity contribution in [1.29, 1.82) is 0 Å². The van der Waals surface area contributed by atoms with Crippen molar-refractivity contribution in [1.82, 2.24) is 5.32 Å². The molecule has 0 aromatic heterocycles. The predicted octanol–water partition coefficient (Wildman–Crippen LogP) is 0.658. The number of rotatable bonds is 2. The highest BCUT2D eigenvalue weighted by molar-refractivity contribution is 5.19. The van der Waals surface area contributed by atoms with E-state index in [0.29, 0.717) is 0 Å². The maximum absolute atomic E-state index is 4.97. The lowest BCUT2D eigenvalue weighted by atomic mass is 10.1. The summed E-state index contributed by atoms with van der Waals surface area (Å²) < 4.78 is 0. The van der Waals surface area contributed by atoms with Crippen LogP contribution in [0.25, 0.3) is 0 Å². The molecule has 0 atom stereocenters. The number of nitrogens with two attached hydrogens (primary N) is 1. The second-order valence-corrected chi connectivity index (χ2v) is 2.19. The van der Waals surface area contributed by atoms with E-state index < -0.39 is 0 Å². The van der Waals surface area contributed by atoms with Crippen molar-refractivity contribution < 1.29 is 4.84 Å². The Hall–Kier alpha value is -0.960. The minimum absolute atomic E-state index is 0.846. The zero-order valence-corrected chi connectivity index (χ0v) is 6.05. The van der Waals surface area contributed by atoms with Crippen LogP contribution in [0.15, 0.2) is 23.6 Å². The second kappa shape index (κ2) is 3.27. The van der Waals surface area contributed by atoms with Crippen molar-refractivity contribution in [3.8, 4) is 0 Å². The van der Waals surface area contributed by atoms with Gasteiger partial charge in [0, 0.05) is 19.2 Å². The van der Waals surface area contributed by atoms with Gasteiger partial charge in [-0.3, -0.25) is 0 Å². The van der Waals surface area contributed by atoms with Crippen molar-refractivity contribution in [2.24, 2.45) is 5.90 Å². The molecule has 3 N–H and O–H groups in total. The summed E-state index contributed by atoms with van der Waals surface area (Å²) in [7, 11) is 1.91. The van der Waals surface area contributed by atoms with Crippen LogP contribution >= 0.6 is 0 Å². The lowest BCUT2D eigenvalue weighted by molar-refractivity contribution is 0.208. The van der Waals surface area contributed by atoms with Gasteiger partial charge in [-0.05, 0) is 18.6 Å². The van der Waals surface area contributed by atoms with E-state index in [4.69, 9.17) is 5.90 Å². The van der Waals surface area contributed by atoms with E-state index in [1.807, 2.05) is 19.2 Å². The van der Waals surface area contributed by atoms with Crippen LogP contribution in [0, 0.1) is 0 Å². The summed E-state index contributed by atoms with van der Waals surface area (Å²) in [6, 6.07) is 0. The van der Waals surface area contributed by atoms with Crippen LogP contribution in [0.3, 0.4) is 0 Å². The van der Waals surface area contributed by atoms with Crippen LogP contribution in [0.2, 0.25) is 0 Å². The van der Waals surface area contributed by atoms with Gasteiger partial charge in [-0.25, -0.2) is 0 Å². The first-order valence-corrected chi connectivity index (χ1v) is 3.31. The maximum Gasteiger partial charge on any atom is 0.124 e. The Morgan fingerprint density at radius 3 is 2.70 bits per heavy atom. The Morgan fingerprint density at radius 1 is 1.50 bits per heavy atom. The third-order valence-electron chi connectivity index (χ3n) is 1.58. The zero-order valence-electron chi connectivity index (χ0n) is 6.05. The van der Waals surface area contributed by atoms with Crippen LogP contribution in [0.4, 0.5) is 0 Å². The van der Waals surface area contributed by atoms with E-state index >= 15 is 0 Å². The van der Waals surface area contributed by atoms with Crippen molar-refractivity contribution in [3.05, 3.63) is 23.6 Å². The topological polar surface area (TPSA) is 47.3 Å². The van der Waals surface area contributed by atoms with E-state index in [1.54, 1.807) is 0 Å². The predicted molar refractivity (Wildman–Crippen MR) is 39.7 cm³/mol. The third-order valence-corrected chi connectivity index (χ3v) is 1.58. The minimum Gasteiger partial charge on any atom is -0.416 e. The van der Waals surface area contributed by atoms with Gasteiger partial charge in [-0.1, -0.05) is 0 Å². The van der Waals surface area contributed by atoms with Crippen molar-refractivity contribution in [2.45, 2.75) is 12.8 Å². The largest absolute Gasteiger partial charge is 0.416 e. The zero-order chi connectivity index (χ0) is 7.40. The number of nitrogens with one attached hydrogen (secondary N) is 1. The van der Waals surface area contributed by atoms with Crippen molar-refractivity contribution in [3.63, 3.8) is 0 Å². The van der Waals surface area contributed by atoms with Crippen LogP contribution in [-0.2, 0) is 4.84 Å². The highest BCUT2D eigenvalue weighted by Crippen LogP contribution is 2.15. The molecule has 0 heterocycles. The Bertz CT molecular complexity index is 152. The fourth-order valence-electron chi connectivity index (χ4n) is 0.925. The lowest BCUT2D eigenvalue weighted by Crippen LogP contribution is -2.10. The highest BCUT2D eigenvalue weighted by Gasteiger charge is 2.03. The lowest BCUT2D eigenvalue weighted by Gasteiger charge is -2.11. The molecule has 56 valence electrons. The smallest absolute Gasteiger partial charge is 0.124 e. The number of allylic oxidation sites excluding steroid dienone is 4. The monoisotopic (exact) mass is 140 g/mol. The van der Waals surface area contributed by atoms with Crippen molar-refractivity contribution >= 4 is 0 Å². The van der Waals surface area contributed by atoms with Crippen LogP contribution < -0.4 is 11.2 Å². The molecule has 0 saturated heterocycles. The molecule has 3 nitrogen and oxygen atoms in total. The fraction of sp³-hybridized carbons (Fsp3) is 0.429. The standard InChI is InChI=1S/C7H12N2O/c1-9-6-2-4-7(10-8)5-3-6/h2,4,9H,3,5,8H2,1H3. The molecule has 1 rings (SSSR count). The molecule has 0 fully saturated rings. The Morgan fingerprint density at radius 2 is 2.30 bits per heavy atom. The van der Waals surface area contributed by atoms with E-state index in [0.717, 1.165) is 18.6 Å². The molecule has 1 aliphatic carbocycles. The van der Waals surface area contributed by atoms with Gasteiger partial charge < -0.3 is 10.2 Å². The normalized spacial score (nSPS) is 17.4. The minimum atomic E-state index is 0.846. The molecular formula is C7H12N2O. The summed E-state index contributed by atoms with van der Waals surface area (Å²) in [6.07, 6.45) is 5.74. The van der Waals surface area contributed by atoms with Crippen LogP contribution in [0.5, 0.6) is 0 Å². The van der Waals surface area contributed by atoms with Gasteiger partial charge in [0.1, 0.15) is 5.76 Å². The van der Waals surface area contributed by atoms with Gasteiger partial charge in [-0.15, -0.1) is 0 Å². The van der Waals surface area contributed by atoms with E-state index in [-0.39, 0.29) is 0 Å². The summed E-state index contributed by atoms with van der Waals surface area (Å²) in [4.78, 5) is 4.57. The molecule has 3 heteroatoms. The van der Waals surface area contributed by atoms with Gasteiger partial charge in [0.25, 0.3) is 0 Å². The Kier molecular flexibility index (Phi) is 2.34. The van der Waals surface area contributed by atoms with Crippen LogP contribution in [-0.4, -0.2) is 7.05 Å². The van der Waals surface area contributed by atoms with E-state index in [9.17, 15) is 0 Å². The summed E-state index contributed by atoms with van der Waals surface area (Å²) in [5.74, 6) is 5.82. The molecule has 0 aromatic rings. The first-order valence-electron chi connectivity index (χ1n) is 3.31. The number of hydrogen-bond donors (Lipinski definition) is 2. The van der Waals surface area contributed by atoms with Gasteiger partial charge in [0.15, 0.2) is 0 Å². The molecule has 0 bridgehead atoms. The average Bonchev–Trinajstić information content (AvgIpc) is 2.05. The quantitative estimate of drug-likeness (QED) is 0.554. The fourth-order valence-corrected chi connectivity index (χ4v) is 0.925. The molecule has 0 spiro atoms. The highest BCUT2D eigenvalue weighted by atomic mass is 16.6. The van der Waals surface area contributed by atoms with Gasteiger partial charge in [0.05, 0.1) is 0 Å². The Labute approximate surface area is 60.5 Å². The summed E-state index contributed by atoms with van der Waals surface area (Å²) in [5, 5.41) is 3.07. The maximum atomic E-state index is 4.97. The van der Waals surface area contributed by atoms with E-state index in [2.05, 4.69) is 10.2 Å². The van der Waals surface area contributed by atoms with E-state index in [1.165, 1.54) is 5.70 Å². The van der Waals surface area contributed by atoms with Gasteiger partial charge in [-0.2, -0.15) is 5.90 Å². The van der Waals surface area contributed by atoms with Gasteiger partial charge >= 0.3 is 0 Å². The molecule has 10 heavy (non-hydrogen) atoms. The molecule has 0 saturated carbocycles. The molecule has 0 amide bonds. The molecular weight excluding hydrogens is 128 g/mol. The van der Waals surface area contributed by atoms with Crippen molar-refractivity contribution in [2.75, 3.05) is 7.05 Å². The Balaban J connectivity index is 2.55.